The van der Waals surface area contributed by atoms with Crippen molar-refractivity contribution < 1.29 is 0 Å². The van der Waals surface area contributed by atoms with Gasteiger partial charge in [0.25, 0.3) is 0 Å². The largest absolute Gasteiger partial charge is 0.335 e. The maximum Gasteiger partial charge on any atom is 0.226 e. The van der Waals surface area contributed by atoms with Crippen molar-refractivity contribution in [3.63, 3.8) is 0 Å². The van der Waals surface area contributed by atoms with Crippen molar-refractivity contribution in [1.29, 1.82) is 0 Å². The van der Waals surface area contributed by atoms with Gasteiger partial charge in [-0.05, 0) is 27.8 Å². The molecule has 1 heterocycles. The Labute approximate surface area is 104 Å². The van der Waals surface area contributed by atoms with Gasteiger partial charge in [-0.1, -0.05) is 6.08 Å². The van der Waals surface area contributed by atoms with E-state index in [0.29, 0.717) is 6.04 Å². The Bertz CT molecular complexity index is 374. The number of aromatic nitrogens is 2. The SMILES string of the molecule is C=CCN(c1ncc(CNC)c(C)n1)C(C)C. The normalized spacial score (nSPS) is 10.6. The quantitative estimate of drug-likeness (QED) is 0.763. The zero-order valence-corrected chi connectivity index (χ0v) is 11.2. The Morgan fingerprint density at radius 3 is 2.71 bits per heavy atom. The lowest BCUT2D eigenvalue weighted by Gasteiger charge is -2.25. The third-order valence-corrected chi connectivity index (χ3v) is 2.64. The van der Waals surface area contributed by atoms with E-state index in [1.807, 2.05) is 26.2 Å². The monoisotopic (exact) mass is 234 g/mol. The molecular weight excluding hydrogens is 212 g/mol. The van der Waals surface area contributed by atoms with Crippen LogP contribution in [-0.2, 0) is 6.54 Å². The van der Waals surface area contributed by atoms with Crippen LogP contribution in [0.25, 0.3) is 0 Å². The summed E-state index contributed by atoms with van der Waals surface area (Å²) in [7, 11) is 1.92. The van der Waals surface area contributed by atoms with Crippen molar-refractivity contribution in [1.82, 2.24) is 15.3 Å². The van der Waals surface area contributed by atoms with Crippen LogP contribution in [0.2, 0.25) is 0 Å². The second-order valence-electron chi connectivity index (χ2n) is 4.35. The Balaban J connectivity index is 2.97. The molecule has 1 rings (SSSR count). The van der Waals surface area contributed by atoms with Crippen LogP contribution in [0.4, 0.5) is 5.95 Å². The van der Waals surface area contributed by atoms with E-state index in [9.17, 15) is 0 Å². The number of anilines is 1. The van der Waals surface area contributed by atoms with Gasteiger partial charge in [-0.15, -0.1) is 6.58 Å². The van der Waals surface area contributed by atoms with Gasteiger partial charge in [-0.3, -0.25) is 0 Å². The molecule has 0 unspecified atom stereocenters. The fraction of sp³-hybridized carbons (Fsp3) is 0.538. The van der Waals surface area contributed by atoms with Gasteiger partial charge in [0.05, 0.1) is 0 Å². The van der Waals surface area contributed by atoms with Crippen LogP contribution in [0, 0.1) is 6.92 Å². The van der Waals surface area contributed by atoms with Crippen molar-refractivity contribution in [3.8, 4) is 0 Å². The molecule has 0 saturated carbocycles. The van der Waals surface area contributed by atoms with E-state index < -0.39 is 0 Å². The molecule has 17 heavy (non-hydrogen) atoms. The van der Waals surface area contributed by atoms with Gasteiger partial charge in [0.2, 0.25) is 5.95 Å². The number of hydrogen-bond acceptors (Lipinski definition) is 4. The topological polar surface area (TPSA) is 41.1 Å². The molecule has 0 saturated heterocycles. The Kier molecular flexibility index (Phi) is 5.10. The molecule has 0 aromatic carbocycles. The summed E-state index contributed by atoms with van der Waals surface area (Å²) in [5.74, 6) is 0.775. The highest BCUT2D eigenvalue weighted by atomic mass is 15.3. The zero-order valence-electron chi connectivity index (χ0n) is 11.2. The van der Waals surface area contributed by atoms with Crippen LogP contribution in [0.15, 0.2) is 18.9 Å². The summed E-state index contributed by atoms with van der Waals surface area (Å²) in [6, 6.07) is 0.363. The van der Waals surface area contributed by atoms with Gasteiger partial charge in [0.15, 0.2) is 0 Å². The van der Waals surface area contributed by atoms with Crippen LogP contribution >= 0.6 is 0 Å². The predicted octanol–water partition coefficient (Wildman–Crippen LogP) is 1.91. The summed E-state index contributed by atoms with van der Waals surface area (Å²) >= 11 is 0. The van der Waals surface area contributed by atoms with Crippen molar-refractivity contribution in [2.24, 2.45) is 0 Å². The molecule has 0 aliphatic heterocycles. The third-order valence-electron chi connectivity index (χ3n) is 2.64. The molecule has 0 aliphatic rings. The highest BCUT2D eigenvalue weighted by Crippen LogP contribution is 2.13. The summed E-state index contributed by atoms with van der Waals surface area (Å²) in [6.45, 7) is 11.6. The van der Waals surface area contributed by atoms with Crippen molar-refractivity contribution in [2.45, 2.75) is 33.4 Å². The van der Waals surface area contributed by atoms with Gasteiger partial charge < -0.3 is 10.2 Å². The highest BCUT2D eigenvalue weighted by molar-refractivity contribution is 5.34. The number of aryl methyl sites for hydroxylation is 1. The van der Waals surface area contributed by atoms with E-state index >= 15 is 0 Å². The van der Waals surface area contributed by atoms with Crippen molar-refractivity contribution >= 4 is 5.95 Å². The zero-order chi connectivity index (χ0) is 12.8. The maximum atomic E-state index is 4.56. The summed E-state index contributed by atoms with van der Waals surface area (Å²) in [6.07, 6.45) is 3.77. The Morgan fingerprint density at radius 1 is 1.53 bits per heavy atom. The predicted molar refractivity (Wildman–Crippen MR) is 72.2 cm³/mol. The summed E-state index contributed by atoms with van der Waals surface area (Å²) < 4.78 is 0. The molecule has 0 radical (unpaired) electrons. The highest BCUT2D eigenvalue weighted by Gasteiger charge is 2.12. The van der Waals surface area contributed by atoms with Crippen LogP contribution in [0.5, 0.6) is 0 Å². The molecule has 0 aliphatic carbocycles. The molecule has 4 heteroatoms. The van der Waals surface area contributed by atoms with E-state index in [1.165, 1.54) is 0 Å². The van der Waals surface area contributed by atoms with Gasteiger partial charge in [0.1, 0.15) is 0 Å². The Morgan fingerprint density at radius 2 is 2.24 bits per heavy atom. The first kappa shape index (κ1) is 13.6. The second kappa shape index (κ2) is 6.35. The fourth-order valence-corrected chi connectivity index (χ4v) is 1.64. The van der Waals surface area contributed by atoms with Crippen LogP contribution in [0.1, 0.15) is 25.1 Å². The minimum absolute atomic E-state index is 0.363. The number of rotatable bonds is 6. The molecule has 4 nitrogen and oxygen atoms in total. The van der Waals surface area contributed by atoms with Gasteiger partial charge >= 0.3 is 0 Å². The Hall–Kier alpha value is -1.42. The average molecular weight is 234 g/mol. The van der Waals surface area contributed by atoms with Crippen molar-refractivity contribution in [3.05, 3.63) is 30.1 Å². The van der Waals surface area contributed by atoms with Crippen LogP contribution in [-0.4, -0.2) is 29.6 Å². The molecule has 0 fully saturated rings. The molecular formula is C13H22N4. The van der Waals surface area contributed by atoms with E-state index in [0.717, 1.165) is 30.3 Å². The summed E-state index contributed by atoms with van der Waals surface area (Å²) in [5.41, 5.74) is 2.16. The van der Waals surface area contributed by atoms with Gasteiger partial charge in [-0.2, -0.15) is 0 Å². The van der Waals surface area contributed by atoms with Gasteiger partial charge in [-0.25, -0.2) is 9.97 Å². The fourth-order valence-electron chi connectivity index (χ4n) is 1.64. The number of nitrogens with one attached hydrogen (secondary N) is 1. The first-order chi connectivity index (χ1) is 8.10. The van der Waals surface area contributed by atoms with E-state index in [4.69, 9.17) is 0 Å². The number of nitrogens with zero attached hydrogens (tertiary/aromatic N) is 3. The smallest absolute Gasteiger partial charge is 0.226 e. The van der Waals surface area contributed by atoms with Crippen LogP contribution < -0.4 is 10.2 Å². The first-order valence-electron chi connectivity index (χ1n) is 5.94. The van der Waals surface area contributed by atoms with E-state index in [-0.39, 0.29) is 0 Å². The minimum Gasteiger partial charge on any atom is -0.335 e. The molecule has 0 amide bonds. The molecule has 1 N–H and O–H groups in total. The lowest BCUT2D eigenvalue weighted by molar-refractivity contribution is 0.693. The molecule has 0 atom stereocenters. The van der Waals surface area contributed by atoms with Crippen LogP contribution in [0.3, 0.4) is 0 Å². The lowest BCUT2D eigenvalue weighted by atomic mass is 10.2. The molecule has 0 bridgehead atoms. The van der Waals surface area contributed by atoms with E-state index in [2.05, 4.69) is 40.6 Å². The summed E-state index contributed by atoms with van der Waals surface area (Å²) in [4.78, 5) is 11.1. The first-order valence-corrected chi connectivity index (χ1v) is 5.94. The standard InChI is InChI=1S/C13H22N4/c1-6-7-17(10(2)3)13-15-9-12(8-14-5)11(4)16-13/h6,9-10,14H,1,7-8H2,2-5H3. The molecule has 1 aromatic rings. The third kappa shape index (κ3) is 3.53. The maximum absolute atomic E-state index is 4.56. The average Bonchev–Trinajstić information content (AvgIpc) is 2.28. The minimum atomic E-state index is 0.363. The molecule has 94 valence electrons. The lowest BCUT2D eigenvalue weighted by Crippen LogP contribution is -2.32. The molecule has 0 spiro atoms. The van der Waals surface area contributed by atoms with Gasteiger partial charge in [0, 0.05) is 36.6 Å². The second-order valence-corrected chi connectivity index (χ2v) is 4.35. The molecule has 1 aromatic heterocycles. The summed E-state index contributed by atoms with van der Waals surface area (Å²) in [5, 5.41) is 3.11. The van der Waals surface area contributed by atoms with Crippen molar-refractivity contribution in [2.75, 3.05) is 18.5 Å². The number of hydrogen-bond donors (Lipinski definition) is 1. The van der Waals surface area contributed by atoms with E-state index in [1.54, 1.807) is 0 Å².